The third-order valence-corrected chi connectivity index (χ3v) is 6.00. The van der Waals surface area contributed by atoms with Gasteiger partial charge in [-0.2, -0.15) is 5.10 Å². The average molecular weight is 419 g/mol. The number of ether oxygens (including phenoxy) is 1. The molecule has 0 radical (unpaired) electrons. The van der Waals surface area contributed by atoms with Crippen LogP contribution in [-0.4, -0.2) is 50.1 Å². The summed E-state index contributed by atoms with van der Waals surface area (Å²) in [5.41, 5.74) is 3.86. The molecule has 1 unspecified atom stereocenters. The van der Waals surface area contributed by atoms with Crippen molar-refractivity contribution in [2.45, 2.75) is 32.9 Å². The van der Waals surface area contributed by atoms with Gasteiger partial charge >= 0.3 is 0 Å². The van der Waals surface area contributed by atoms with Crippen LogP contribution in [0.1, 0.15) is 28.6 Å². The lowest BCUT2D eigenvalue weighted by Gasteiger charge is -2.41. The Kier molecular flexibility index (Phi) is 4.94. The van der Waals surface area contributed by atoms with E-state index >= 15 is 0 Å². The molecular weight excluding hydrogens is 394 g/mol. The topological polar surface area (TPSA) is 82.2 Å². The highest BCUT2D eigenvalue weighted by molar-refractivity contribution is 5.83. The van der Waals surface area contributed by atoms with E-state index in [0.29, 0.717) is 32.1 Å². The van der Waals surface area contributed by atoms with Gasteiger partial charge in [-0.15, -0.1) is 5.10 Å². The molecule has 8 heteroatoms. The zero-order valence-electron chi connectivity index (χ0n) is 17.7. The molecule has 1 aromatic carbocycles. The summed E-state index contributed by atoms with van der Waals surface area (Å²) in [4.78, 5) is 27.1. The largest absolute Gasteiger partial charge is 0.363 e. The number of rotatable bonds is 4. The van der Waals surface area contributed by atoms with Crippen LogP contribution in [0.15, 0.2) is 47.3 Å². The summed E-state index contributed by atoms with van der Waals surface area (Å²) in [6.45, 7) is 6.10. The van der Waals surface area contributed by atoms with Gasteiger partial charge < -0.3 is 9.64 Å². The highest BCUT2D eigenvalue weighted by Gasteiger charge is 2.37. The second-order valence-electron chi connectivity index (χ2n) is 8.36. The maximum atomic E-state index is 13.0. The Bertz CT molecular complexity index is 1190. The Morgan fingerprint density at radius 2 is 1.94 bits per heavy atom. The molecule has 1 amide bonds. The Balaban J connectivity index is 1.26. The SMILES string of the molecule is Cc1cc(C)n(-c2ccc(=O)n(CC3CN(C(=O)C4OCCc5ccccc54)C3)n2)n1. The quantitative estimate of drug-likeness (QED) is 0.644. The normalized spacial score (nSPS) is 18.5. The van der Waals surface area contributed by atoms with E-state index < -0.39 is 6.10 Å². The Morgan fingerprint density at radius 3 is 2.71 bits per heavy atom. The molecule has 0 N–H and O–H groups in total. The summed E-state index contributed by atoms with van der Waals surface area (Å²) in [5.74, 6) is 0.799. The Morgan fingerprint density at radius 1 is 1.13 bits per heavy atom. The average Bonchev–Trinajstić information content (AvgIpc) is 3.08. The summed E-state index contributed by atoms with van der Waals surface area (Å²) >= 11 is 0. The Labute approximate surface area is 180 Å². The highest BCUT2D eigenvalue weighted by Crippen LogP contribution is 2.31. The van der Waals surface area contributed by atoms with Crippen LogP contribution in [0.25, 0.3) is 5.82 Å². The van der Waals surface area contributed by atoms with Crippen molar-refractivity contribution in [3.63, 3.8) is 0 Å². The number of carbonyl (C=O) groups is 1. The fraction of sp³-hybridized carbons (Fsp3) is 0.391. The molecule has 1 fully saturated rings. The van der Waals surface area contributed by atoms with Crippen LogP contribution in [0.4, 0.5) is 0 Å². The van der Waals surface area contributed by atoms with Gasteiger partial charge in [0.1, 0.15) is 0 Å². The first-order valence-corrected chi connectivity index (χ1v) is 10.6. The van der Waals surface area contributed by atoms with Crippen LogP contribution in [0.3, 0.4) is 0 Å². The van der Waals surface area contributed by atoms with E-state index in [1.807, 2.05) is 43.0 Å². The monoisotopic (exact) mass is 419 g/mol. The van der Waals surface area contributed by atoms with Gasteiger partial charge in [0.15, 0.2) is 11.9 Å². The fourth-order valence-corrected chi connectivity index (χ4v) is 4.42. The Hall–Kier alpha value is -3.26. The number of benzene rings is 1. The van der Waals surface area contributed by atoms with Gasteiger partial charge in [-0.05, 0) is 43.5 Å². The van der Waals surface area contributed by atoms with Gasteiger partial charge in [-0.3, -0.25) is 9.59 Å². The number of likely N-dealkylation sites (tertiary alicyclic amines) is 1. The van der Waals surface area contributed by atoms with Crippen molar-refractivity contribution in [1.82, 2.24) is 24.5 Å². The number of carbonyl (C=O) groups excluding carboxylic acids is 1. The molecule has 4 heterocycles. The van der Waals surface area contributed by atoms with E-state index in [4.69, 9.17) is 4.74 Å². The number of hydrogen-bond donors (Lipinski definition) is 0. The minimum absolute atomic E-state index is 0.0000907. The molecule has 8 nitrogen and oxygen atoms in total. The van der Waals surface area contributed by atoms with Gasteiger partial charge in [0.2, 0.25) is 0 Å². The molecular formula is C23H25N5O3. The lowest BCUT2D eigenvalue weighted by atomic mass is 9.94. The molecule has 2 aromatic heterocycles. The van der Waals surface area contributed by atoms with Crippen LogP contribution in [0, 0.1) is 19.8 Å². The third kappa shape index (κ3) is 3.67. The molecule has 0 bridgehead atoms. The molecule has 0 aliphatic carbocycles. The molecule has 31 heavy (non-hydrogen) atoms. The van der Waals surface area contributed by atoms with E-state index in [9.17, 15) is 9.59 Å². The molecule has 5 rings (SSSR count). The summed E-state index contributed by atoms with van der Waals surface area (Å²) in [6, 6.07) is 13.2. The molecule has 1 atom stereocenters. The first-order valence-electron chi connectivity index (χ1n) is 10.6. The first-order chi connectivity index (χ1) is 15.0. The zero-order chi connectivity index (χ0) is 21.5. The van der Waals surface area contributed by atoms with E-state index in [2.05, 4.69) is 16.3 Å². The van der Waals surface area contributed by atoms with Gasteiger partial charge in [-0.1, -0.05) is 24.3 Å². The predicted octanol–water partition coefficient (Wildman–Crippen LogP) is 1.82. The molecule has 0 saturated carbocycles. The van der Waals surface area contributed by atoms with Crippen LogP contribution in [-0.2, 0) is 22.5 Å². The van der Waals surface area contributed by atoms with Crippen molar-refractivity contribution in [2.75, 3.05) is 19.7 Å². The third-order valence-electron chi connectivity index (χ3n) is 6.00. The number of nitrogens with zero attached hydrogens (tertiary/aromatic N) is 5. The number of amides is 1. The number of fused-ring (bicyclic) bond motifs is 1. The van der Waals surface area contributed by atoms with Crippen LogP contribution in [0.2, 0.25) is 0 Å². The molecule has 3 aromatic rings. The standard InChI is InChI=1S/C23H25N5O3/c1-15-11-16(2)28(24-15)20-7-8-21(29)27(25-20)14-17-12-26(13-17)23(30)22-19-6-4-3-5-18(19)9-10-31-22/h3-8,11,17,22H,9-10,12-14H2,1-2H3. The summed E-state index contributed by atoms with van der Waals surface area (Å²) in [6.07, 6.45) is 0.309. The van der Waals surface area contributed by atoms with Crippen molar-refractivity contribution in [1.29, 1.82) is 0 Å². The van der Waals surface area contributed by atoms with Gasteiger partial charge in [0.25, 0.3) is 11.5 Å². The lowest BCUT2D eigenvalue weighted by molar-refractivity contribution is -0.152. The minimum atomic E-state index is -0.527. The number of aryl methyl sites for hydroxylation is 2. The molecule has 0 spiro atoms. The lowest BCUT2D eigenvalue weighted by Crippen LogP contribution is -2.54. The van der Waals surface area contributed by atoms with E-state index in [1.165, 1.54) is 16.3 Å². The summed E-state index contributed by atoms with van der Waals surface area (Å²) < 4.78 is 9.02. The zero-order valence-corrected chi connectivity index (χ0v) is 17.7. The van der Waals surface area contributed by atoms with Crippen molar-refractivity contribution in [3.8, 4) is 5.82 Å². The second kappa shape index (κ2) is 7.77. The minimum Gasteiger partial charge on any atom is -0.363 e. The van der Waals surface area contributed by atoms with E-state index in [-0.39, 0.29) is 17.4 Å². The first kappa shape index (κ1) is 19.7. The molecule has 160 valence electrons. The maximum absolute atomic E-state index is 13.0. The fourth-order valence-electron chi connectivity index (χ4n) is 4.42. The number of hydrogen-bond acceptors (Lipinski definition) is 5. The van der Waals surface area contributed by atoms with E-state index in [1.54, 1.807) is 10.7 Å². The summed E-state index contributed by atoms with van der Waals surface area (Å²) in [7, 11) is 0. The molecule has 2 aliphatic heterocycles. The van der Waals surface area contributed by atoms with Crippen molar-refractivity contribution in [3.05, 3.63) is 75.3 Å². The van der Waals surface area contributed by atoms with E-state index in [0.717, 1.165) is 23.4 Å². The van der Waals surface area contributed by atoms with Gasteiger partial charge in [-0.25, -0.2) is 9.36 Å². The van der Waals surface area contributed by atoms with Crippen LogP contribution < -0.4 is 5.56 Å². The second-order valence-corrected chi connectivity index (χ2v) is 8.36. The summed E-state index contributed by atoms with van der Waals surface area (Å²) in [5, 5.41) is 8.95. The maximum Gasteiger partial charge on any atom is 0.266 e. The van der Waals surface area contributed by atoms with Crippen molar-refractivity contribution < 1.29 is 9.53 Å². The predicted molar refractivity (Wildman–Crippen MR) is 114 cm³/mol. The highest BCUT2D eigenvalue weighted by atomic mass is 16.5. The smallest absolute Gasteiger partial charge is 0.266 e. The van der Waals surface area contributed by atoms with Gasteiger partial charge in [0.05, 0.1) is 18.8 Å². The van der Waals surface area contributed by atoms with Crippen molar-refractivity contribution >= 4 is 5.91 Å². The van der Waals surface area contributed by atoms with Crippen molar-refractivity contribution in [2.24, 2.45) is 5.92 Å². The van der Waals surface area contributed by atoms with Crippen LogP contribution >= 0.6 is 0 Å². The molecule has 2 aliphatic rings. The molecule has 1 saturated heterocycles. The van der Waals surface area contributed by atoms with Crippen LogP contribution in [0.5, 0.6) is 0 Å². The van der Waals surface area contributed by atoms with Gasteiger partial charge in [0, 0.05) is 30.8 Å². The number of aromatic nitrogens is 4.